The fourth-order valence-electron chi connectivity index (χ4n) is 0.416. The van der Waals surface area contributed by atoms with Crippen LogP contribution in [0.25, 0.3) is 0 Å². The van der Waals surface area contributed by atoms with E-state index < -0.39 is 0 Å². The van der Waals surface area contributed by atoms with E-state index in [1.807, 2.05) is 23.1 Å². The summed E-state index contributed by atoms with van der Waals surface area (Å²) in [5.41, 5.74) is 0. The topological polar surface area (TPSA) is 0 Å². The normalized spacial score (nSPS) is 14.0. The monoisotopic (exact) mass is 114 g/mol. The molecule has 1 aromatic heterocycles. The Bertz CT molecular complexity index is 149. The van der Waals surface area contributed by atoms with Gasteiger partial charge in [0.15, 0.2) is 0 Å². The summed E-state index contributed by atoms with van der Waals surface area (Å²) >= 11 is 3.72. The lowest BCUT2D eigenvalue weighted by atomic mass is 10.7. The van der Waals surface area contributed by atoms with Crippen molar-refractivity contribution < 1.29 is 0 Å². The highest BCUT2D eigenvalue weighted by atomic mass is 32.2. The predicted octanol–water partition coefficient (Wildman–Crippen LogP) is 2.21. The van der Waals surface area contributed by atoms with Gasteiger partial charge in [-0.25, -0.2) is 0 Å². The van der Waals surface area contributed by atoms with Gasteiger partial charge in [0.25, 0.3) is 0 Å². The molecule has 0 amide bonds. The molecule has 1 aliphatic rings. The van der Waals surface area contributed by atoms with E-state index in [0.29, 0.717) is 0 Å². The van der Waals surface area contributed by atoms with E-state index in [2.05, 4.69) is 11.4 Å². The van der Waals surface area contributed by atoms with Crippen LogP contribution in [0, 0.1) is 0 Å². The van der Waals surface area contributed by atoms with Gasteiger partial charge in [-0.2, -0.15) is 0 Å². The molecular weight excluding hydrogens is 112 g/mol. The summed E-state index contributed by atoms with van der Waals surface area (Å²) in [6.45, 7) is 0. The Kier molecular flexibility index (Phi) is 0.424. The van der Waals surface area contributed by atoms with Crippen molar-refractivity contribution in [2.45, 2.75) is 9.10 Å². The second-order valence-corrected chi connectivity index (χ2v) is 3.40. The molecule has 0 aliphatic carbocycles. The summed E-state index contributed by atoms with van der Waals surface area (Å²) in [5, 5.41) is 2.13. The molecular formula is C4H2S2. The summed E-state index contributed by atoms with van der Waals surface area (Å²) in [6.07, 6.45) is 0. The molecule has 0 saturated heterocycles. The van der Waals surface area contributed by atoms with Crippen LogP contribution in [0.4, 0.5) is 0 Å². The first kappa shape index (κ1) is 3.10. The van der Waals surface area contributed by atoms with E-state index in [4.69, 9.17) is 0 Å². The van der Waals surface area contributed by atoms with E-state index in [0.717, 1.165) is 0 Å². The Morgan fingerprint density at radius 2 is 2.50 bits per heavy atom. The molecule has 1 aromatic rings. The molecule has 0 N–H and O–H groups in total. The zero-order valence-corrected chi connectivity index (χ0v) is 4.60. The molecule has 0 radical (unpaired) electrons. The smallest absolute Gasteiger partial charge is 0.0786 e. The van der Waals surface area contributed by atoms with Crippen LogP contribution < -0.4 is 0 Å². The zero-order valence-electron chi connectivity index (χ0n) is 2.97. The summed E-state index contributed by atoms with van der Waals surface area (Å²) in [4.78, 5) is 1.49. The third kappa shape index (κ3) is 0.259. The molecule has 0 unspecified atom stereocenters. The van der Waals surface area contributed by atoms with Gasteiger partial charge in [-0.15, -0.1) is 11.3 Å². The second-order valence-electron chi connectivity index (χ2n) is 1.17. The summed E-state index contributed by atoms with van der Waals surface area (Å²) in [6, 6.07) is 2.16. The number of hydrogen-bond donors (Lipinski definition) is 0. The van der Waals surface area contributed by atoms with E-state index in [1.54, 1.807) is 0 Å². The molecule has 0 fully saturated rings. The first-order valence-electron chi connectivity index (χ1n) is 1.72. The van der Waals surface area contributed by atoms with Crippen molar-refractivity contribution in [3.05, 3.63) is 11.4 Å². The fraction of sp³-hybridized carbons (Fsp3) is 0. The molecule has 6 heavy (non-hydrogen) atoms. The molecule has 0 nitrogen and oxygen atoms in total. The average Bonchev–Trinajstić information content (AvgIpc) is 2.17. The lowest BCUT2D eigenvalue weighted by Crippen LogP contribution is -1.23. The molecule has 0 saturated carbocycles. The van der Waals surface area contributed by atoms with Crippen molar-refractivity contribution in [1.29, 1.82) is 0 Å². The average molecular weight is 114 g/mol. The summed E-state index contributed by atoms with van der Waals surface area (Å²) < 4.78 is 1.51. The number of fused-ring (bicyclic) bond motifs is 1. The second kappa shape index (κ2) is 0.820. The van der Waals surface area contributed by atoms with Gasteiger partial charge in [-0.3, -0.25) is 0 Å². The molecule has 2 heteroatoms. The van der Waals surface area contributed by atoms with Gasteiger partial charge in [0.2, 0.25) is 0 Å². The SMILES string of the molecule is c1cc2c(s1)S2. The van der Waals surface area contributed by atoms with Gasteiger partial charge in [-0.05, 0) is 11.4 Å². The van der Waals surface area contributed by atoms with Crippen LogP contribution in [0.5, 0.6) is 0 Å². The fourth-order valence-corrected chi connectivity index (χ4v) is 2.14. The van der Waals surface area contributed by atoms with Crippen molar-refractivity contribution in [2.75, 3.05) is 0 Å². The van der Waals surface area contributed by atoms with Gasteiger partial charge in [0, 0.05) is 4.90 Å². The minimum Gasteiger partial charge on any atom is -0.136 e. The molecule has 2 rings (SSSR count). The first-order valence-corrected chi connectivity index (χ1v) is 3.42. The van der Waals surface area contributed by atoms with E-state index >= 15 is 0 Å². The van der Waals surface area contributed by atoms with Gasteiger partial charge in [0.1, 0.15) is 0 Å². The van der Waals surface area contributed by atoms with E-state index in [9.17, 15) is 0 Å². The molecule has 0 spiro atoms. The molecule has 0 bridgehead atoms. The molecule has 1 aliphatic heterocycles. The molecule has 0 aromatic carbocycles. The third-order valence-electron chi connectivity index (χ3n) is 0.757. The van der Waals surface area contributed by atoms with E-state index in [-0.39, 0.29) is 0 Å². The minimum atomic E-state index is 1.49. The highest BCUT2D eigenvalue weighted by molar-refractivity contribution is 8.07. The highest BCUT2D eigenvalue weighted by Gasteiger charge is 2.17. The molecule has 2 heterocycles. The van der Waals surface area contributed by atoms with Crippen LogP contribution in [0.1, 0.15) is 0 Å². The van der Waals surface area contributed by atoms with Crippen LogP contribution in [-0.2, 0) is 0 Å². The van der Waals surface area contributed by atoms with Crippen molar-refractivity contribution in [1.82, 2.24) is 0 Å². The van der Waals surface area contributed by atoms with Crippen molar-refractivity contribution in [3.63, 3.8) is 0 Å². The Balaban J connectivity index is 2.88. The predicted molar refractivity (Wildman–Crippen MR) is 28.4 cm³/mol. The largest absolute Gasteiger partial charge is 0.136 e. The first-order chi connectivity index (χ1) is 2.97. The van der Waals surface area contributed by atoms with E-state index in [1.165, 1.54) is 9.10 Å². The Labute approximate surface area is 44.2 Å². The third-order valence-corrected chi connectivity index (χ3v) is 2.89. The highest BCUT2D eigenvalue weighted by Crippen LogP contribution is 2.52. The number of hydrogen-bond acceptors (Lipinski definition) is 2. The van der Waals surface area contributed by atoms with Crippen LogP contribution in [-0.4, -0.2) is 0 Å². The number of thiophene rings is 1. The molecule has 0 atom stereocenters. The lowest BCUT2D eigenvalue weighted by molar-refractivity contribution is 1.56. The van der Waals surface area contributed by atoms with Crippen molar-refractivity contribution in [2.24, 2.45) is 0 Å². The molecule has 30 valence electrons. The van der Waals surface area contributed by atoms with Crippen LogP contribution in [0.15, 0.2) is 20.6 Å². The van der Waals surface area contributed by atoms with Gasteiger partial charge in [0.05, 0.1) is 4.21 Å². The zero-order chi connectivity index (χ0) is 3.98. The summed E-state index contributed by atoms with van der Waals surface area (Å²) in [5.74, 6) is 0. The number of rotatable bonds is 0. The standard InChI is InChI=1S/C4H2S2/c1-2-5-4-3(1)6-4/h1-2H. The quantitative estimate of drug-likeness (QED) is 0.473. The lowest BCUT2D eigenvalue weighted by Gasteiger charge is -1.56. The van der Waals surface area contributed by atoms with Crippen LogP contribution >= 0.6 is 23.1 Å². The van der Waals surface area contributed by atoms with Crippen molar-refractivity contribution >= 4 is 23.1 Å². The van der Waals surface area contributed by atoms with Gasteiger partial charge < -0.3 is 0 Å². The Morgan fingerprint density at radius 3 is 2.67 bits per heavy atom. The minimum absolute atomic E-state index is 1.49. The van der Waals surface area contributed by atoms with Gasteiger partial charge >= 0.3 is 0 Å². The maximum atomic E-state index is 2.16. The summed E-state index contributed by atoms with van der Waals surface area (Å²) in [7, 11) is 0. The maximum Gasteiger partial charge on any atom is 0.0786 e. The van der Waals surface area contributed by atoms with Crippen molar-refractivity contribution in [3.8, 4) is 0 Å². The maximum absolute atomic E-state index is 2.16. The van der Waals surface area contributed by atoms with Gasteiger partial charge in [-0.1, -0.05) is 11.8 Å². The Hall–Kier alpha value is 0.0500. The Morgan fingerprint density at radius 1 is 1.50 bits per heavy atom. The van der Waals surface area contributed by atoms with Crippen LogP contribution in [0.2, 0.25) is 0 Å². The van der Waals surface area contributed by atoms with Crippen LogP contribution in [0.3, 0.4) is 0 Å².